The molecule has 0 bridgehead atoms. The minimum Gasteiger partial charge on any atom is -0.486 e. The first-order valence-corrected chi connectivity index (χ1v) is 6.61. The van der Waals surface area contributed by atoms with Crippen LogP contribution in [0.2, 0.25) is 0 Å². The number of rotatable bonds is 5. The predicted octanol–water partition coefficient (Wildman–Crippen LogP) is 2.11. The summed E-state index contributed by atoms with van der Waals surface area (Å²) < 4.78 is 5.55. The van der Waals surface area contributed by atoms with Crippen molar-refractivity contribution in [3.05, 3.63) is 52.0 Å². The van der Waals surface area contributed by atoms with Crippen LogP contribution in [-0.2, 0) is 11.4 Å². The molecule has 1 amide bonds. The number of hydrogen-bond donors (Lipinski definition) is 1. The molecule has 0 saturated carbocycles. The smallest absolute Gasteiger partial charge is 0.259 e. The highest BCUT2D eigenvalue weighted by Gasteiger charge is 2.06. The average Bonchev–Trinajstić information content (AvgIpc) is 2.91. The second-order valence-corrected chi connectivity index (χ2v) is 4.74. The fraction of sp³-hybridized carbons (Fsp3) is 0.0714. The number of amides is 1. The van der Waals surface area contributed by atoms with Gasteiger partial charge in [-0.1, -0.05) is 18.2 Å². The minimum absolute atomic E-state index is 0.120. The van der Waals surface area contributed by atoms with Crippen LogP contribution in [0.5, 0.6) is 5.75 Å². The van der Waals surface area contributed by atoms with E-state index in [2.05, 4.69) is 4.98 Å². The molecule has 0 atom stereocenters. The van der Waals surface area contributed by atoms with Crippen molar-refractivity contribution >= 4 is 23.3 Å². The number of benzene rings is 1. The number of nitrogens with zero attached hydrogens (tertiary/aromatic N) is 2. The molecule has 0 radical (unpaired) electrons. The van der Waals surface area contributed by atoms with Crippen molar-refractivity contribution in [3.8, 4) is 11.8 Å². The van der Waals surface area contributed by atoms with Gasteiger partial charge >= 0.3 is 0 Å². The molecular formula is C14H11N3O2S. The Balaban J connectivity index is 2.03. The molecule has 0 fully saturated rings. The van der Waals surface area contributed by atoms with Gasteiger partial charge in [-0.3, -0.25) is 4.79 Å². The van der Waals surface area contributed by atoms with Crippen LogP contribution in [0.3, 0.4) is 0 Å². The number of ether oxygens (including phenoxy) is 1. The first-order chi connectivity index (χ1) is 9.69. The summed E-state index contributed by atoms with van der Waals surface area (Å²) in [7, 11) is 0. The van der Waals surface area contributed by atoms with E-state index in [0.717, 1.165) is 10.8 Å². The van der Waals surface area contributed by atoms with Crippen molar-refractivity contribution in [2.24, 2.45) is 5.73 Å². The van der Waals surface area contributed by atoms with Gasteiger partial charge in [0, 0.05) is 5.38 Å². The molecule has 0 unspecified atom stereocenters. The summed E-state index contributed by atoms with van der Waals surface area (Å²) in [5, 5.41) is 11.2. The van der Waals surface area contributed by atoms with Gasteiger partial charge in [0.15, 0.2) is 0 Å². The Hall–Kier alpha value is -2.65. The summed E-state index contributed by atoms with van der Waals surface area (Å²) in [6.07, 6.45) is 1.37. The molecule has 1 aromatic carbocycles. The molecule has 2 aromatic rings. The van der Waals surface area contributed by atoms with Crippen molar-refractivity contribution in [1.82, 2.24) is 4.98 Å². The van der Waals surface area contributed by atoms with Crippen molar-refractivity contribution in [1.29, 1.82) is 5.26 Å². The van der Waals surface area contributed by atoms with E-state index in [9.17, 15) is 4.79 Å². The van der Waals surface area contributed by atoms with Gasteiger partial charge in [-0.15, -0.1) is 11.3 Å². The lowest BCUT2D eigenvalue weighted by Crippen LogP contribution is -2.12. The van der Waals surface area contributed by atoms with Crippen molar-refractivity contribution < 1.29 is 9.53 Å². The molecule has 2 N–H and O–H groups in total. The highest BCUT2D eigenvalue weighted by molar-refractivity contribution is 7.09. The number of carbonyl (C=O) groups excluding carboxylic acids is 1. The van der Waals surface area contributed by atoms with Gasteiger partial charge in [0.25, 0.3) is 5.91 Å². The Labute approximate surface area is 119 Å². The fourth-order valence-corrected chi connectivity index (χ4v) is 2.09. The van der Waals surface area contributed by atoms with Gasteiger partial charge in [-0.05, 0) is 18.2 Å². The number of nitrogens with two attached hydrogens (primary N) is 1. The molecule has 0 aliphatic carbocycles. The lowest BCUT2D eigenvalue weighted by atomic mass is 10.2. The number of thiazole rings is 1. The molecule has 5 nitrogen and oxygen atoms in total. The van der Waals surface area contributed by atoms with Crippen LogP contribution in [-0.4, -0.2) is 10.9 Å². The highest BCUT2D eigenvalue weighted by atomic mass is 32.1. The minimum atomic E-state index is -0.761. The molecule has 20 heavy (non-hydrogen) atoms. The van der Waals surface area contributed by atoms with E-state index in [-0.39, 0.29) is 5.57 Å². The van der Waals surface area contributed by atoms with Crippen molar-refractivity contribution in [2.45, 2.75) is 6.61 Å². The van der Waals surface area contributed by atoms with Crippen LogP contribution in [0, 0.1) is 11.3 Å². The Morgan fingerprint density at radius 3 is 2.85 bits per heavy atom. The van der Waals surface area contributed by atoms with Gasteiger partial charge in [-0.25, -0.2) is 4.98 Å². The second-order valence-electron chi connectivity index (χ2n) is 3.80. The SMILES string of the molecule is N#CC(=Cc1csc(COc2ccccc2)n1)C(N)=O. The molecule has 0 aliphatic heterocycles. The van der Waals surface area contributed by atoms with E-state index >= 15 is 0 Å². The van der Waals surface area contributed by atoms with Crippen LogP contribution >= 0.6 is 11.3 Å². The van der Waals surface area contributed by atoms with Crippen LogP contribution < -0.4 is 10.5 Å². The molecule has 0 aliphatic rings. The number of hydrogen-bond acceptors (Lipinski definition) is 5. The van der Waals surface area contributed by atoms with Crippen molar-refractivity contribution in [3.63, 3.8) is 0 Å². The van der Waals surface area contributed by atoms with E-state index in [1.807, 2.05) is 30.3 Å². The number of nitriles is 1. The van der Waals surface area contributed by atoms with Crippen LogP contribution in [0.15, 0.2) is 41.3 Å². The average molecular weight is 285 g/mol. The molecule has 1 heterocycles. The molecule has 6 heteroatoms. The standard InChI is InChI=1S/C14H11N3O2S/c15-7-10(14(16)18)6-11-9-20-13(17-11)8-19-12-4-2-1-3-5-12/h1-6,9H,8H2,(H2,16,18). The van der Waals surface area contributed by atoms with Crippen molar-refractivity contribution in [2.75, 3.05) is 0 Å². The molecule has 2 rings (SSSR count). The quantitative estimate of drug-likeness (QED) is 0.673. The normalized spacial score (nSPS) is 10.8. The molecule has 100 valence electrons. The van der Waals surface area contributed by atoms with Gasteiger partial charge in [-0.2, -0.15) is 5.26 Å². The maximum atomic E-state index is 10.9. The summed E-state index contributed by atoms with van der Waals surface area (Å²) in [6, 6.07) is 11.1. The third-order valence-corrected chi connectivity index (χ3v) is 3.19. The lowest BCUT2D eigenvalue weighted by Gasteiger charge is -2.02. The Kier molecular flexibility index (Phi) is 4.47. The van der Waals surface area contributed by atoms with Crippen LogP contribution in [0.25, 0.3) is 6.08 Å². The number of carbonyl (C=O) groups is 1. The van der Waals surface area contributed by atoms with Gasteiger partial charge in [0.1, 0.15) is 29.0 Å². The Bertz CT molecular complexity index is 671. The summed E-state index contributed by atoms with van der Waals surface area (Å²) in [6.45, 7) is 0.334. The molecular weight excluding hydrogens is 274 g/mol. The third-order valence-electron chi connectivity index (χ3n) is 2.35. The largest absolute Gasteiger partial charge is 0.486 e. The first kappa shape index (κ1) is 13.8. The number of para-hydroxylation sites is 1. The predicted molar refractivity (Wildman–Crippen MR) is 75.7 cm³/mol. The van der Waals surface area contributed by atoms with E-state index in [1.165, 1.54) is 17.4 Å². The topological polar surface area (TPSA) is 89.0 Å². The van der Waals surface area contributed by atoms with Gasteiger partial charge in [0.2, 0.25) is 0 Å². The summed E-state index contributed by atoms with van der Waals surface area (Å²) in [5.74, 6) is -0.00257. The summed E-state index contributed by atoms with van der Waals surface area (Å²) in [4.78, 5) is 15.2. The number of aromatic nitrogens is 1. The Morgan fingerprint density at radius 1 is 1.45 bits per heavy atom. The van der Waals surface area contributed by atoms with Crippen LogP contribution in [0.4, 0.5) is 0 Å². The van der Waals surface area contributed by atoms with E-state index in [0.29, 0.717) is 12.3 Å². The highest BCUT2D eigenvalue weighted by Crippen LogP contribution is 2.16. The second kappa shape index (κ2) is 6.50. The first-order valence-electron chi connectivity index (χ1n) is 5.73. The molecule has 1 aromatic heterocycles. The van der Waals surface area contributed by atoms with Gasteiger partial charge in [0.05, 0.1) is 5.69 Å². The molecule has 0 saturated heterocycles. The maximum Gasteiger partial charge on any atom is 0.259 e. The third kappa shape index (κ3) is 3.67. The summed E-state index contributed by atoms with van der Waals surface area (Å²) >= 11 is 1.39. The zero-order valence-corrected chi connectivity index (χ0v) is 11.3. The van der Waals surface area contributed by atoms with E-state index < -0.39 is 5.91 Å². The summed E-state index contributed by atoms with van der Waals surface area (Å²) in [5.41, 5.74) is 5.46. The van der Waals surface area contributed by atoms with E-state index in [4.69, 9.17) is 15.7 Å². The maximum absolute atomic E-state index is 10.9. The molecule has 0 spiro atoms. The Morgan fingerprint density at radius 2 is 2.20 bits per heavy atom. The van der Waals surface area contributed by atoms with Crippen LogP contribution in [0.1, 0.15) is 10.7 Å². The zero-order chi connectivity index (χ0) is 14.4. The fourth-order valence-electron chi connectivity index (χ4n) is 1.43. The number of primary amides is 1. The van der Waals surface area contributed by atoms with Gasteiger partial charge < -0.3 is 10.5 Å². The zero-order valence-electron chi connectivity index (χ0n) is 10.4. The lowest BCUT2D eigenvalue weighted by molar-refractivity contribution is -0.114. The van der Waals surface area contributed by atoms with E-state index in [1.54, 1.807) is 11.4 Å². The monoisotopic (exact) mass is 285 g/mol.